The molecule has 1 aliphatic rings. The Morgan fingerprint density at radius 3 is 2.61 bits per heavy atom. The van der Waals surface area contributed by atoms with E-state index in [0.717, 1.165) is 24.2 Å². The largest absolute Gasteiger partial charge is 0.343 e. The zero-order chi connectivity index (χ0) is 13.1. The van der Waals surface area contributed by atoms with Gasteiger partial charge < -0.3 is 9.80 Å². The van der Waals surface area contributed by atoms with E-state index >= 15 is 0 Å². The first-order valence-electron chi connectivity index (χ1n) is 6.36. The molecular formula is C14H19N3O. The maximum Gasteiger partial charge on any atom is 0.242 e. The molecule has 0 fully saturated rings. The number of carbonyl (C=O) groups is 1. The summed E-state index contributed by atoms with van der Waals surface area (Å²) in [6, 6.07) is 7.87. The van der Waals surface area contributed by atoms with Crippen LogP contribution in [0.3, 0.4) is 0 Å². The molecule has 1 amide bonds. The van der Waals surface area contributed by atoms with Crippen LogP contribution >= 0.6 is 0 Å². The van der Waals surface area contributed by atoms with Crippen molar-refractivity contribution in [3.63, 3.8) is 0 Å². The second kappa shape index (κ2) is 5.21. The Bertz CT molecular complexity index is 466. The molecule has 0 saturated carbocycles. The number of amidine groups is 1. The highest BCUT2D eigenvalue weighted by atomic mass is 16.2. The molecule has 2 rings (SSSR count). The Labute approximate surface area is 108 Å². The summed E-state index contributed by atoms with van der Waals surface area (Å²) in [7, 11) is 0. The van der Waals surface area contributed by atoms with Gasteiger partial charge in [-0.25, -0.2) is 0 Å². The van der Waals surface area contributed by atoms with Crippen molar-refractivity contribution < 1.29 is 4.79 Å². The summed E-state index contributed by atoms with van der Waals surface area (Å²) in [4.78, 5) is 15.7. The van der Waals surface area contributed by atoms with Crippen molar-refractivity contribution in [1.29, 1.82) is 5.41 Å². The van der Waals surface area contributed by atoms with Gasteiger partial charge >= 0.3 is 0 Å². The third kappa shape index (κ3) is 2.23. The molecule has 1 heterocycles. The Hall–Kier alpha value is -1.84. The molecule has 0 radical (unpaired) electrons. The smallest absolute Gasteiger partial charge is 0.242 e. The topological polar surface area (TPSA) is 47.4 Å². The van der Waals surface area contributed by atoms with Crippen molar-refractivity contribution in [1.82, 2.24) is 9.80 Å². The summed E-state index contributed by atoms with van der Waals surface area (Å²) in [6.45, 7) is 6.38. The Balaban J connectivity index is 2.06. The molecule has 0 unspecified atom stereocenters. The van der Waals surface area contributed by atoms with E-state index in [1.54, 1.807) is 4.90 Å². The number of likely N-dealkylation sites (N-methyl/N-ethyl adjacent to an activating group) is 1. The fraction of sp³-hybridized carbons (Fsp3) is 0.429. The SMILES string of the molecule is CCN(CC)C(=O)CN1Cc2ccccc2C1=N. The Morgan fingerprint density at radius 2 is 2.00 bits per heavy atom. The van der Waals surface area contributed by atoms with Crippen LogP contribution in [-0.4, -0.2) is 41.2 Å². The molecule has 1 aromatic rings. The van der Waals surface area contributed by atoms with Crippen molar-refractivity contribution in [2.75, 3.05) is 19.6 Å². The van der Waals surface area contributed by atoms with Crippen LogP contribution in [0.2, 0.25) is 0 Å². The molecule has 4 heteroatoms. The minimum atomic E-state index is 0.0950. The molecule has 0 atom stereocenters. The van der Waals surface area contributed by atoms with Gasteiger partial charge in [-0.3, -0.25) is 10.2 Å². The highest BCUT2D eigenvalue weighted by molar-refractivity contribution is 6.01. The minimum Gasteiger partial charge on any atom is -0.343 e. The summed E-state index contributed by atoms with van der Waals surface area (Å²) in [5, 5.41) is 8.09. The zero-order valence-electron chi connectivity index (χ0n) is 10.9. The molecule has 1 N–H and O–H groups in total. The second-order valence-electron chi connectivity index (χ2n) is 4.43. The van der Waals surface area contributed by atoms with E-state index in [2.05, 4.69) is 0 Å². The van der Waals surface area contributed by atoms with Gasteiger partial charge in [0.05, 0.1) is 6.54 Å². The van der Waals surface area contributed by atoms with E-state index in [1.165, 1.54) is 0 Å². The van der Waals surface area contributed by atoms with E-state index < -0.39 is 0 Å². The molecule has 0 spiro atoms. The number of hydrogen-bond acceptors (Lipinski definition) is 2. The van der Waals surface area contributed by atoms with Crippen LogP contribution in [0.1, 0.15) is 25.0 Å². The van der Waals surface area contributed by atoms with Crippen LogP contribution in [-0.2, 0) is 11.3 Å². The first-order chi connectivity index (χ1) is 8.67. The van der Waals surface area contributed by atoms with Crippen LogP contribution in [0, 0.1) is 5.41 Å². The number of benzene rings is 1. The first kappa shape index (κ1) is 12.6. The third-order valence-electron chi connectivity index (χ3n) is 3.39. The normalized spacial score (nSPS) is 13.7. The molecule has 0 saturated heterocycles. The lowest BCUT2D eigenvalue weighted by atomic mass is 10.1. The third-order valence-corrected chi connectivity index (χ3v) is 3.39. The average Bonchev–Trinajstić information content (AvgIpc) is 2.68. The molecule has 0 aromatic heterocycles. The number of rotatable bonds is 4. The minimum absolute atomic E-state index is 0.0950. The van der Waals surface area contributed by atoms with Gasteiger partial charge in [0, 0.05) is 25.2 Å². The summed E-state index contributed by atoms with van der Waals surface area (Å²) < 4.78 is 0. The van der Waals surface area contributed by atoms with E-state index in [1.807, 2.05) is 43.0 Å². The van der Waals surface area contributed by atoms with Crippen molar-refractivity contribution in [2.45, 2.75) is 20.4 Å². The van der Waals surface area contributed by atoms with Gasteiger partial charge in [0.15, 0.2) is 0 Å². The van der Waals surface area contributed by atoms with Gasteiger partial charge in [0.2, 0.25) is 5.91 Å². The van der Waals surface area contributed by atoms with E-state index in [9.17, 15) is 4.79 Å². The number of amides is 1. The summed E-state index contributed by atoms with van der Waals surface area (Å²) in [5.74, 6) is 0.559. The van der Waals surface area contributed by atoms with Gasteiger partial charge in [-0.05, 0) is 19.4 Å². The van der Waals surface area contributed by atoms with Crippen molar-refractivity contribution in [3.8, 4) is 0 Å². The molecule has 4 nitrogen and oxygen atoms in total. The second-order valence-corrected chi connectivity index (χ2v) is 4.43. The zero-order valence-corrected chi connectivity index (χ0v) is 10.9. The Kier molecular flexibility index (Phi) is 3.65. The van der Waals surface area contributed by atoms with Crippen LogP contribution < -0.4 is 0 Å². The number of fused-ring (bicyclic) bond motifs is 1. The average molecular weight is 245 g/mol. The molecule has 0 aliphatic carbocycles. The van der Waals surface area contributed by atoms with E-state index in [4.69, 9.17) is 5.41 Å². The fourth-order valence-corrected chi connectivity index (χ4v) is 2.32. The van der Waals surface area contributed by atoms with Crippen LogP contribution in [0.25, 0.3) is 0 Å². The maximum atomic E-state index is 12.0. The van der Waals surface area contributed by atoms with Gasteiger partial charge in [-0.1, -0.05) is 24.3 Å². The highest BCUT2D eigenvalue weighted by Crippen LogP contribution is 2.21. The molecular weight excluding hydrogens is 226 g/mol. The van der Waals surface area contributed by atoms with Crippen molar-refractivity contribution in [2.24, 2.45) is 0 Å². The van der Waals surface area contributed by atoms with Crippen LogP contribution in [0.4, 0.5) is 0 Å². The predicted octanol–water partition coefficient (Wildman–Crippen LogP) is 1.70. The van der Waals surface area contributed by atoms with Crippen LogP contribution in [0.15, 0.2) is 24.3 Å². The fourth-order valence-electron chi connectivity index (χ4n) is 2.32. The van der Waals surface area contributed by atoms with Crippen molar-refractivity contribution in [3.05, 3.63) is 35.4 Å². The summed E-state index contributed by atoms with van der Waals surface area (Å²) >= 11 is 0. The lowest BCUT2D eigenvalue weighted by molar-refractivity contribution is -0.131. The van der Waals surface area contributed by atoms with Gasteiger partial charge in [-0.15, -0.1) is 0 Å². The molecule has 1 aliphatic heterocycles. The number of nitrogens with zero attached hydrogens (tertiary/aromatic N) is 2. The van der Waals surface area contributed by atoms with Crippen molar-refractivity contribution >= 4 is 11.7 Å². The monoisotopic (exact) mass is 245 g/mol. The molecule has 1 aromatic carbocycles. The van der Waals surface area contributed by atoms with Gasteiger partial charge in [0.1, 0.15) is 5.84 Å². The standard InChI is InChI=1S/C14H19N3O/c1-3-16(4-2)13(18)10-17-9-11-7-5-6-8-12(11)14(17)15/h5-8,15H,3-4,9-10H2,1-2H3. The lowest BCUT2D eigenvalue weighted by Gasteiger charge is -2.23. The van der Waals surface area contributed by atoms with Gasteiger partial charge in [0.25, 0.3) is 0 Å². The predicted molar refractivity (Wildman–Crippen MR) is 71.6 cm³/mol. The first-order valence-corrected chi connectivity index (χ1v) is 6.36. The van der Waals surface area contributed by atoms with E-state index in [0.29, 0.717) is 18.9 Å². The van der Waals surface area contributed by atoms with Gasteiger partial charge in [-0.2, -0.15) is 0 Å². The number of carbonyl (C=O) groups excluding carboxylic acids is 1. The summed E-state index contributed by atoms with van der Waals surface area (Å²) in [6.07, 6.45) is 0. The number of hydrogen-bond donors (Lipinski definition) is 1. The lowest BCUT2D eigenvalue weighted by Crippen LogP contribution is -2.40. The summed E-state index contributed by atoms with van der Waals surface area (Å²) in [5.41, 5.74) is 2.08. The molecule has 0 bridgehead atoms. The Morgan fingerprint density at radius 1 is 1.33 bits per heavy atom. The molecule has 96 valence electrons. The molecule has 18 heavy (non-hydrogen) atoms. The van der Waals surface area contributed by atoms with Crippen LogP contribution in [0.5, 0.6) is 0 Å². The number of nitrogens with one attached hydrogen (secondary N) is 1. The quantitative estimate of drug-likeness (QED) is 0.877. The highest BCUT2D eigenvalue weighted by Gasteiger charge is 2.26. The van der Waals surface area contributed by atoms with E-state index in [-0.39, 0.29) is 5.91 Å². The maximum absolute atomic E-state index is 12.0.